The van der Waals surface area contributed by atoms with E-state index in [2.05, 4.69) is 62.6 Å². The van der Waals surface area contributed by atoms with Gasteiger partial charge in [0.2, 0.25) is 0 Å². The lowest BCUT2D eigenvalue weighted by atomic mass is 9.66. The molecule has 1 saturated carbocycles. The molecule has 1 aliphatic heterocycles. The van der Waals surface area contributed by atoms with Gasteiger partial charge in [-0.05, 0) is 74.8 Å². The van der Waals surface area contributed by atoms with Crippen LogP contribution < -0.4 is 0 Å². The highest BCUT2D eigenvalue weighted by Crippen LogP contribution is 2.70. The van der Waals surface area contributed by atoms with Crippen LogP contribution in [0.2, 0.25) is 0 Å². The van der Waals surface area contributed by atoms with Crippen molar-refractivity contribution in [2.45, 2.75) is 97.7 Å². The molecule has 0 N–H and O–H groups in total. The maximum atomic E-state index is 3.12. The molecule has 2 rings (SSSR count). The minimum Gasteiger partial charge on any atom is -0.298 e. The summed E-state index contributed by atoms with van der Waals surface area (Å²) in [7, 11) is 3.12. The molecule has 5 unspecified atom stereocenters. The summed E-state index contributed by atoms with van der Waals surface area (Å²) in [6.45, 7) is 19.6. The van der Waals surface area contributed by atoms with Crippen molar-refractivity contribution >= 4 is 9.24 Å². The standard InChI is InChI=1S/C20H40NP/c1-8-10-18(6,11-12-19(7,22)9-2)20-13-16(20)14-21(15-20)17(3,4)5/h16H,8-15,22H2,1-7H3. The van der Waals surface area contributed by atoms with Crippen molar-refractivity contribution < 1.29 is 0 Å². The third-order valence-corrected chi connectivity index (χ3v) is 7.85. The van der Waals surface area contributed by atoms with E-state index in [0.717, 1.165) is 5.92 Å². The molecule has 0 amide bonds. The Morgan fingerprint density at radius 1 is 1.05 bits per heavy atom. The molecule has 5 atom stereocenters. The molecule has 130 valence electrons. The molecule has 1 aliphatic carbocycles. The summed E-state index contributed by atoms with van der Waals surface area (Å²) in [5.74, 6) is 0.973. The van der Waals surface area contributed by atoms with E-state index in [1.807, 2.05) is 0 Å². The molecule has 2 heteroatoms. The normalized spacial score (nSPS) is 34.1. The molecule has 1 nitrogen and oxygen atoms in total. The summed E-state index contributed by atoms with van der Waals surface area (Å²) in [4.78, 5) is 2.76. The molecule has 0 radical (unpaired) electrons. The van der Waals surface area contributed by atoms with Gasteiger partial charge >= 0.3 is 0 Å². The zero-order chi connectivity index (χ0) is 16.8. The Bertz CT molecular complexity index is 397. The van der Waals surface area contributed by atoms with Crippen LogP contribution in [0.25, 0.3) is 0 Å². The van der Waals surface area contributed by atoms with Crippen molar-refractivity contribution in [3.63, 3.8) is 0 Å². The third-order valence-electron chi connectivity index (χ3n) is 7.15. The van der Waals surface area contributed by atoms with Gasteiger partial charge in [-0.3, -0.25) is 4.90 Å². The minimum absolute atomic E-state index is 0.339. The fraction of sp³-hybridized carbons (Fsp3) is 1.00. The summed E-state index contributed by atoms with van der Waals surface area (Å²) in [6.07, 6.45) is 8.27. The van der Waals surface area contributed by atoms with Crippen LogP contribution in [0.4, 0.5) is 0 Å². The van der Waals surface area contributed by atoms with Gasteiger partial charge in [0.25, 0.3) is 0 Å². The first kappa shape index (κ1) is 18.7. The van der Waals surface area contributed by atoms with E-state index < -0.39 is 0 Å². The summed E-state index contributed by atoms with van der Waals surface area (Å²) in [6, 6.07) is 0. The van der Waals surface area contributed by atoms with Gasteiger partial charge in [-0.2, -0.15) is 0 Å². The van der Waals surface area contributed by atoms with Crippen molar-refractivity contribution in [1.29, 1.82) is 0 Å². The Kier molecular flexibility index (Phi) is 5.14. The van der Waals surface area contributed by atoms with Gasteiger partial charge in [0, 0.05) is 18.6 Å². The van der Waals surface area contributed by atoms with Gasteiger partial charge in [0.05, 0.1) is 0 Å². The number of rotatable bonds is 7. The lowest BCUT2D eigenvalue weighted by Crippen LogP contribution is -2.44. The van der Waals surface area contributed by atoms with Crippen molar-refractivity contribution in [3.8, 4) is 0 Å². The number of likely N-dealkylation sites (tertiary alicyclic amines) is 1. The minimum atomic E-state index is 0.339. The Morgan fingerprint density at radius 3 is 2.14 bits per heavy atom. The molecule has 1 heterocycles. The van der Waals surface area contributed by atoms with E-state index >= 15 is 0 Å². The molecule has 2 aliphatic rings. The van der Waals surface area contributed by atoms with Crippen LogP contribution in [0.15, 0.2) is 0 Å². The lowest BCUT2D eigenvalue weighted by Gasteiger charge is -2.43. The smallest absolute Gasteiger partial charge is 0.0125 e. The second kappa shape index (κ2) is 6.03. The quantitative estimate of drug-likeness (QED) is 0.540. The first-order valence-electron chi connectivity index (χ1n) is 9.54. The zero-order valence-electron chi connectivity index (χ0n) is 16.3. The number of hydrogen-bond acceptors (Lipinski definition) is 1. The molecule has 0 aromatic heterocycles. The van der Waals surface area contributed by atoms with Crippen LogP contribution in [0.5, 0.6) is 0 Å². The fourth-order valence-corrected chi connectivity index (χ4v) is 4.98. The predicted octanol–water partition coefficient (Wildman–Crippen LogP) is 5.74. The topological polar surface area (TPSA) is 3.24 Å². The van der Waals surface area contributed by atoms with Crippen LogP contribution in [0.3, 0.4) is 0 Å². The highest BCUT2D eigenvalue weighted by atomic mass is 31.0. The largest absolute Gasteiger partial charge is 0.298 e. The Hall–Kier alpha value is 0.390. The van der Waals surface area contributed by atoms with Crippen LogP contribution in [0.1, 0.15) is 87.0 Å². The average molecular weight is 326 g/mol. The Labute approximate surface area is 142 Å². The van der Waals surface area contributed by atoms with E-state index in [-0.39, 0.29) is 0 Å². The molecule has 0 aromatic rings. The molecular weight excluding hydrogens is 285 g/mol. The third kappa shape index (κ3) is 3.41. The lowest BCUT2D eigenvalue weighted by molar-refractivity contribution is 0.0751. The van der Waals surface area contributed by atoms with Crippen LogP contribution in [-0.2, 0) is 0 Å². The molecule has 0 spiro atoms. The first-order valence-corrected chi connectivity index (χ1v) is 10.1. The maximum absolute atomic E-state index is 3.12. The molecule has 0 aromatic carbocycles. The Balaban J connectivity index is 2.12. The van der Waals surface area contributed by atoms with Gasteiger partial charge in [-0.15, -0.1) is 9.24 Å². The number of nitrogens with zero attached hydrogens (tertiary/aromatic N) is 1. The van der Waals surface area contributed by atoms with Crippen LogP contribution >= 0.6 is 9.24 Å². The highest BCUT2D eigenvalue weighted by molar-refractivity contribution is 7.18. The van der Waals surface area contributed by atoms with E-state index in [1.54, 1.807) is 0 Å². The highest BCUT2D eigenvalue weighted by Gasteiger charge is 2.68. The van der Waals surface area contributed by atoms with Gasteiger partial charge < -0.3 is 0 Å². The van der Waals surface area contributed by atoms with Crippen molar-refractivity contribution in [2.24, 2.45) is 16.7 Å². The van der Waals surface area contributed by atoms with Crippen molar-refractivity contribution in [3.05, 3.63) is 0 Å². The predicted molar refractivity (Wildman–Crippen MR) is 103 cm³/mol. The number of piperidine rings is 1. The van der Waals surface area contributed by atoms with Crippen molar-refractivity contribution in [1.82, 2.24) is 4.90 Å². The SMILES string of the molecule is CCCC(C)(CCC(C)(P)CC)C12CC1CN(C(C)(C)C)C2. The van der Waals surface area contributed by atoms with E-state index in [9.17, 15) is 0 Å². The molecule has 1 saturated heterocycles. The maximum Gasteiger partial charge on any atom is 0.0125 e. The average Bonchev–Trinajstić information content (AvgIpc) is 2.99. The van der Waals surface area contributed by atoms with Crippen LogP contribution in [-0.4, -0.2) is 28.7 Å². The van der Waals surface area contributed by atoms with Crippen LogP contribution in [0, 0.1) is 16.7 Å². The summed E-state index contributed by atoms with van der Waals surface area (Å²) < 4.78 is 0. The second-order valence-electron chi connectivity index (χ2n) is 9.93. The van der Waals surface area contributed by atoms with Gasteiger partial charge in [0.15, 0.2) is 0 Å². The second-order valence-corrected chi connectivity index (χ2v) is 11.3. The first-order chi connectivity index (χ1) is 10.00. The zero-order valence-corrected chi connectivity index (χ0v) is 17.4. The van der Waals surface area contributed by atoms with Gasteiger partial charge in [0.1, 0.15) is 0 Å². The van der Waals surface area contributed by atoms with Gasteiger partial charge in [-0.1, -0.05) is 34.1 Å². The summed E-state index contributed by atoms with van der Waals surface area (Å²) >= 11 is 0. The fourth-order valence-electron chi connectivity index (χ4n) is 4.84. The van der Waals surface area contributed by atoms with Crippen molar-refractivity contribution in [2.75, 3.05) is 13.1 Å². The molecule has 22 heavy (non-hydrogen) atoms. The monoisotopic (exact) mass is 325 g/mol. The molecular formula is C20H40NP. The molecule has 2 fully saturated rings. The van der Waals surface area contributed by atoms with E-state index in [1.165, 1.54) is 51.6 Å². The van der Waals surface area contributed by atoms with E-state index in [0.29, 0.717) is 21.5 Å². The van der Waals surface area contributed by atoms with Gasteiger partial charge in [-0.25, -0.2) is 0 Å². The Morgan fingerprint density at radius 2 is 1.68 bits per heavy atom. The summed E-state index contributed by atoms with van der Waals surface area (Å²) in [5.41, 5.74) is 1.51. The molecule has 0 bridgehead atoms. The number of fused-ring (bicyclic) bond motifs is 1. The van der Waals surface area contributed by atoms with E-state index in [4.69, 9.17) is 0 Å². The summed E-state index contributed by atoms with van der Waals surface area (Å²) in [5, 5.41) is 0.429. The number of hydrogen-bond donors (Lipinski definition) is 0.